The Morgan fingerprint density at radius 1 is 1.39 bits per heavy atom. The molecule has 6 heteroatoms. The van der Waals surface area contributed by atoms with Crippen molar-refractivity contribution in [3.8, 4) is 5.75 Å². The van der Waals surface area contributed by atoms with Crippen LogP contribution in [0.5, 0.6) is 5.75 Å². The molecule has 2 unspecified atom stereocenters. The molecule has 2 amide bonds. The lowest BCUT2D eigenvalue weighted by Crippen LogP contribution is -2.47. The van der Waals surface area contributed by atoms with Crippen LogP contribution in [0.2, 0.25) is 5.02 Å². The fourth-order valence-electron chi connectivity index (χ4n) is 3.33. The van der Waals surface area contributed by atoms with Gasteiger partial charge in [-0.1, -0.05) is 17.7 Å². The lowest BCUT2D eigenvalue weighted by Gasteiger charge is -2.33. The summed E-state index contributed by atoms with van der Waals surface area (Å²) in [5, 5.41) is 13.1. The van der Waals surface area contributed by atoms with E-state index < -0.39 is 0 Å². The fraction of sp³-hybridized carbons (Fsp3) is 0.588. The molecule has 2 N–H and O–H groups in total. The molecular weight excluding hydrogens is 316 g/mol. The zero-order chi connectivity index (χ0) is 16.2. The van der Waals surface area contributed by atoms with Crippen molar-refractivity contribution in [2.75, 3.05) is 26.3 Å². The highest BCUT2D eigenvalue weighted by Gasteiger charge is 2.27. The van der Waals surface area contributed by atoms with Crippen molar-refractivity contribution in [1.82, 2.24) is 10.2 Å². The zero-order valence-electron chi connectivity index (χ0n) is 13.1. The molecule has 2 heterocycles. The van der Waals surface area contributed by atoms with Crippen molar-refractivity contribution >= 4 is 17.6 Å². The number of nitrogens with zero attached hydrogens (tertiary/aromatic N) is 1. The van der Waals surface area contributed by atoms with E-state index in [1.165, 1.54) is 0 Å². The normalized spacial score (nSPS) is 24.3. The standard InChI is InChI=1S/C17H23ClN2O3/c18-13-5-6-14-15(4-2-8-23-16(14)9-13)19-17(22)20-7-1-3-12(10-20)11-21/h5-6,9,12,15,21H,1-4,7-8,10-11H2,(H,19,22). The number of carbonyl (C=O) groups is 1. The number of fused-ring (bicyclic) bond motifs is 1. The van der Waals surface area contributed by atoms with Crippen LogP contribution in [0.25, 0.3) is 0 Å². The molecule has 2 aliphatic rings. The molecule has 0 aromatic heterocycles. The predicted molar refractivity (Wildman–Crippen MR) is 88.8 cm³/mol. The van der Waals surface area contributed by atoms with Crippen molar-refractivity contribution in [3.05, 3.63) is 28.8 Å². The first-order valence-electron chi connectivity index (χ1n) is 8.26. The Labute approximate surface area is 141 Å². The number of nitrogens with one attached hydrogen (secondary N) is 1. The molecule has 0 radical (unpaired) electrons. The minimum Gasteiger partial charge on any atom is -0.493 e. The molecule has 126 valence electrons. The summed E-state index contributed by atoms with van der Waals surface area (Å²) < 4.78 is 5.74. The molecule has 1 aromatic carbocycles. The third-order valence-electron chi connectivity index (χ3n) is 4.61. The average molecular weight is 339 g/mol. The van der Waals surface area contributed by atoms with Crippen LogP contribution in [0, 0.1) is 5.92 Å². The zero-order valence-corrected chi connectivity index (χ0v) is 13.9. The number of urea groups is 1. The largest absolute Gasteiger partial charge is 0.493 e. The van der Waals surface area contributed by atoms with Crippen molar-refractivity contribution < 1.29 is 14.6 Å². The highest BCUT2D eigenvalue weighted by molar-refractivity contribution is 6.30. The summed E-state index contributed by atoms with van der Waals surface area (Å²) in [7, 11) is 0. The van der Waals surface area contributed by atoms with Crippen LogP contribution in [-0.4, -0.2) is 42.3 Å². The number of hydrogen-bond acceptors (Lipinski definition) is 3. The second-order valence-corrected chi connectivity index (χ2v) is 6.75. The molecule has 0 aliphatic carbocycles. The molecule has 0 bridgehead atoms. The summed E-state index contributed by atoms with van der Waals surface area (Å²) in [5.74, 6) is 0.949. The quantitative estimate of drug-likeness (QED) is 0.871. The van der Waals surface area contributed by atoms with Crippen molar-refractivity contribution in [2.45, 2.75) is 31.7 Å². The second-order valence-electron chi connectivity index (χ2n) is 6.31. The Morgan fingerprint density at radius 3 is 3.09 bits per heavy atom. The highest BCUT2D eigenvalue weighted by Crippen LogP contribution is 2.33. The molecule has 1 aromatic rings. The smallest absolute Gasteiger partial charge is 0.317 e. The average Bonchev–Trinajstić information content (AvgIpc) is 2.76. The van der Waals surface area contributed by atoms with Crippen LogP contribution in [-0.2, 0) is 0 Å². The molecule has 0 spiro atoms. The number of ether oxygens (including phenoxy) is 1. The predicted octanol–water partition coefficient (Wildman–Crippen LogP) is 2.97. The van der Waals surface area contributed by atoms with Gasteiger partial charge in [-0.3, -0.25) is 0 Å². The van der Waals surface area contributed by atoms with E-state index in [4.69, 9.17) is 16.3 Å². The first-order valence-corrected chi connectivity index (χ1v) is 8.63. The van der Waals surface area contributed by atoms with Crippen molar-refractivity contribution in [3.63, 3.8) is 0 Å². The molecule has 5 nitrogen and oxygen atoms in total. The minimum atomic E-state index is -0.0632. The second kappa shape index (κ2) is 7.41. The lowest BCUT2D eigenvalue weighted by atomic mass is 9.99. The maximum Gasteiger partial charge on any atom is 0.317 e. The van der Waals surface area contributed by atoms with Gasteiger partial charge in [0.2, 0.25) is 0 Å². The van der Waals surface area contributed by atoms with Crippen LogP contribution in [0.15, 0.2) is 18.2 Å². The van der Waals surface area contributed by atoms with E-state index in [0.717, 1.165) is 43.5 Å². The molecule has 2 atom stereocenters. The van der Waals surface area contributed by atoms with Gasteiger partial charge in [-0.05, 0) is 43.7 Å². The number of likely N-dealkylation sites (tertiary alicyclic amines) is 1. The monoisotopic (exact) mass is 338 g/mol. The summed E-state index contributed by atoms with van der Waals surface area (Å²) in [6.45, 7) is 2.15. The number of hydrogen-bond donors (Lipinski definition) is 2. The molecular formula is C17H23ClN2O3. The highest BCUT2D eigenvalue weighted by atomic mass is 35.5. The number of benzene rings is 1. The van der Waals surface area contributed by atoms with E-state index in [2.05, 4.69) is 5.32 Å². The fourth-order valence-corrected chi connectivity index (χ4v) is 3.50. The van der Waals surface area contributed by atoms with E-state index in [1.54, 1.807) is 0 Å². The van der Waals surface area contributed by atoms with E-state index in [-0.39, 0.29) is 24.6 Å². The van der Waals surface area contributed by atoms with Gasteiger partial charge in [0.15, 0.2) is 0 Å². The molecule has 0 saturated carbocycles. The maximum absolute atomic E-state index is 12.6. The van der Waals surface area contributed by atoms with Crippen LogP contribution in [0.3, 0.4) is 0 Å². The van der Waals surface area contributed by atoms with Gasteiger partial charge >= 0.3 is 6.03 Å². The number of aliphatic hydroxyl groups is 1. The number of piperidine rings is 1. The van der Waals surface area contributed by atoms with Gasteiger partial charge in [0.05, 0.1) is 12.6 Å². The number of amides is 2. The van der Waals surface area contributed by atoms with Gasteiger partial charge < -0.3 is 20.1 Å². The van der Waals surface area contributed by atoms with Crippen LogP contribution in [0.1, 0.15) is 37.3 Å². The van der Waals surface area contributed by atoms with Crippen molar-refractivity contribution in [2.24, 2.45) is 5.92 Å². The summed E-state index contributed by atoms with van der Waals surface area (Å²) in [6, 6.07) is 5.45. The van der Waals surface area contributed by atoms with Crippen LogP contribution in [0.4, 0.5) is 4.79 Å². The topological polar surface area (TPSA) is 61.8 Å². The van der Waals surface area contributed by atoms with Gasteiger partial charge in [-0.15, -0.1) is 0 Å². The number of aliphatic hydroxyl groups excluding tert-OH is 1. The third kappa shape index (κ3) is 3.90. The lowest BCUT2D eigenvalue weighted by molar-refractivity contribution is 0.127. The first-order chi connectivity index (χ1) is 11.2. The Hall–Kier alpha value is -1.46. The number of rotatable bonds is 2. The van der Waals surface area contributed by atoms with E-state index in [0.29, 0.717) is 18.2 Å². The molecule has 1 fully saturated rings. The molecule has 23 heavy (non-hydrogen) atoms. The van der Waals surface area contributed by atoms with Gasteiger partial charge in [0.25, 0.3) is 0 Å². The number of carbonyl (C=O) groups excluding carboxylic acids is 1. The van der Waals surface area contributed by atoms with Crippen LogP contribution < -0.4 is 10.1 Å². The van der Waals surface area contributed by atoms with Gasteiger partial charge in [-0.25, -0.2) is 4.79 Å². The van der Waals surface area contributed by atoms with E-state index in [1.807, 2.05) is 23.1 Å². The Morgan fingerprint density at radius 2 is 2.26 bits per heavy atom. The van der Waals surface area contributed by atoms with E-state index >= 15 is 0 Å². The third-order valence-corrected chi connectivity index (χ3v) is 4.84. The Balaban J connectivity index is 1.71. The molecule has 1 saturated heterocycles. The van der Waals surface area contributed by atoms with Gasteiger partial charge in [-0.2, -0.15) is 0 Å². The maximum atomic E-state index is 12.6. The SMILES string of the molecule is O=C(NC1CCCOc2cc(Cl)ccc21)N1CCCC(CO)C1. The summed E-state index contributed by atoms with van der Waals surface area (Å²) >= 11 is 6.04. The molecule has 2 aliphatic heterocycles. The summed E-state index contributed by atoms with van der Waals surface area (Å²) in [5.41, 5.74) is 0.982. The summed E-state index contributed by atoms with van der Waals surface area (Å²) in [4.78, 5) is 14.4. The summed E-state index contributed by atoms with van der Waals surface area (Å²) in [6.07, 6.45) is 3.66. The Kier molecular flexibility index (Phi) is 5.28. The first kappa shape index (κ1) is 16.4. The Bertz CT molecular complexity index is 567. The van der Waals surface area contributed by atoms with E-state index in [9.17, 15) is 9.90 Å². The van der Waals surface area contributed by atoms with Crippen LogP contribution >= 0.6 is 11.6 Å². The van der Waals surface area contributed by atoms with Gasteiger partial charge in [0, 0.05) is 30.3 Å². The minimum absolute atomic E-state index is 0.0593. The van der Waals surface area contributed by atoms with Gasteiger partial charge in [0.1, 0.15) is 5.75 Å². The van der Waals surface area contributed by atoms with Crippen molar-refractivity contribution in [1.29, 1.82) is 0 Å². The molecule has 3 rings (SSSR count). The number of halogens is 1.